The summed E-state index contributed by atoms with van der Waals surface area (Å²) in [4.78, 5) is 31.1. The van der Waals surface area contributed by atoms with E-state index in [-0.39, 0.29) is 30.7 Å². The van der Waals surface area contributed by atoms with Crippen LogP contribution in [0.4, 0.5) is 18.9 Å². The summed E-state index contributed by atoms with van der Waals surface area (Å²) in [6, 6.07) is 26.9. The van der Waals surface area contributed by atoms with Crippen molar-refractivity contribution >= 4 is 17.5 Å². The van der Waals surface area contributed by atoms with Crippen LogP contribution in [0.5, 0.6) is 0 Å². The molecule has 47 heavy (non-hydrogen) atoms. The molecule has 3 atom stereocenters. The number of hydrogen-bond donors (Lipinski definition) is 1. The molecule has 2 aliphatic carbocycles. The molecule has 7 heteroatoms. The lowest BCUT2D eigenvalue weighted by Gasteiger charge is -2.51. The lowest BCUT2D eigenvalue weighted by Crippen LogP contribution is -2.62. The van der Waals surface area contributed by atoms with E-state index in [4.69, 9.17) is 0 Å². The van der Waals surface area contributed by atoms with E-state index in [1.807, 2.05) is 69.3 Å². The fourth-order valence-corrected chi connectivity index (χ4v) is 7.90. The van der Waals surface area contributed by atoms with E-state index in [9.17, 15) is 22.8 Å². The highest BCUT2D eigenvalue weighted by atomic mass is 19.4. The van der Waals surface area contributed by atoms with Crippen LogP contribution in [0.15, 0.2) is 91.0 Å². The van der Waals surface area contributed by atoms with E-state index in [1.165, 1.54) is 23.3 Å². The summed E-state index contributed by atoms with van der Waals surface area (Å²) in [5, 5.41) is 3.26. The highest BCUT2D eigenvalue weighted by Crippen LogP contribution is 2.47. The first-order valence-corrected chi connectivity index (χ1v) is 16.4. The second-order valence-corrected chi connectivity index (χ2v) is 13.5. The number of benzene rings is 4. The van der Waals surface area contributed by atoms with Crippen LogP contribution in [-0.2, 0) is 41.6 Å². The second-order valence-electron chi connectivity index (χ2n) is 13.5. The average molecular weight is 639 g/mol. The van der Waals surface area contributed by atoms with Crippen molar-refractivity contribution in [2.24, 2.45) is 11.8 Å². The van der Waals surface area contributed by atoms with Crippen molar-refractivity contribution in [2.45, 2.75) is 77.6 Å². The zero-order valence-electron chi connectivity index (χ0n) is 27.2. The van der Waals surface area contributed by atoms with E-state index < -0.39 is 17.3 Å². The smallest absolute Gasteiger partial charge is 0.324 e. The molecule has 4 aromatic carbocycles. The van der Waals surface area contributed by atoms with Crippen LogP contribution in [-0.4, -0.2) is 22.3 Å². The van der Waals surface area contributed by atoms with Gasteiger partial charge in [-0.2, -0.15) is 13.2 Å². The molecule has 0 spiro atoms. The van der Waals surface area contributed by atoms with Crippen molar-refractivity contribution < 1.29 is 22.8 Å². The van der Waals surface area contributed by atoms with Gasteiger partial charge in [-0.15, -0.1) is 0 Å². The lowest BCUT2D eigenvalue weighted by molar-refractivity contribution is -0.150. The number of nitrogens with one attached hydrogen (secondary N) is 1. The predicted octanol–water partition coefficient (Wildman–Crippen LogP) is 8.79. The number of carbonyl (C=O) groups excluding carboxylic acids is 2. The van der Waals surface area contributed by atoms with E-state index in [0.29, 0.717) is 24.3 Å². The number of aryl methyl sites for hydroxylation is 3. The maximum atomic E-state index is 14.9. The summed E-state index contributed by atoms with van der Waals surface area (Å²) in [6.07, 6.45) is -0.931. The third kappa shape index (κ3) is 6.85. The minimum Gasteiger partial charge on any atom is -0.324 e. The minimum absolute atomic E-state index is 0.0249. The SMILES string of the molecule is Cc1cc(C)c(NC(=O)C2(N(Cc3ccc(C(F)(F)F)cc3)C(=O)Cc3ccccc3)CC[C@@H]3Cc4ccccc4C[C@H]3C2)c(C)c1. The number of halogens is 3. The van der Waals surface area contributed by atoms with Crippen LogP contribution >= 0.6 is 0 Å². The molecule has 0 aromatic heterocycles. The van der Waals surface area contributed by atoms with Crippen LogP contribution in [0.1, 0.15) is 63.8 Å². The summed E-state index contributed by atoms with van der Waals surface area (Å²) in [7, 11) is 0. The van der Waals surface area contributed by atoms with Crippen LogP contribution in [0, 0.1) is 32.6 Å². The zero-order valence-corrected chi connectivity index (χ0v) is 27.2. The fraction of sp³-hybridized carbons (Fsp3) is 0.350. The number of anilines is 1. The zero-order chi connectivity index (χ0) is 33.3. The quantitative estimate of drug-likeness (QED) is 0.220. The first-order chi connectivity index (χ1) is 22.4. The van der Waals surface area contributed by atoms with E-state index in [0.717, 1.165) is 59.3 Å². The fourth-order valence-electron chi connectivity index (χ4n) is 7.90. The molecule has 1 saturated carbocycles. The molecule has 0 radical (unpaired) electrons. The monoisotopic (exact) mass is 638 g/mol. The Hall–Kier alpha value is -4.39. The Kier molecular flexibility index (Phi) is 9.01. The molecular formula is C40H41F3N2O2. The number of hydrogen-bond acceptors (Lipinski definition) is 2. The predicted molar refractivity (Wildman–Crippen MR) is 179 cm³/mol. The van der Waals surface area contributed by atoms with Gasteiger partial charge in [0.05, 0.1) is 12.0 Å². The third-order valence-corrected chi connectivity index (χ3v) is 10.3. The Morgan fingerprint density at radius 2 is 1.40 bits per heavy atom. The van der Waals surface area contributed by atoms with Crippen LogP contribution in [0.2, 0.25) is 0 Å². The molecule has 6 rings (SSSR count). The van der Waals surface area contributed by atoms with Crippen molar-refractivity contribution in [3.63, 3.8) is 0 Å². The molecule has 0 saturated heterocycles. The van der Waals surface area contributed by atoms with Crippen molar-refractivity contribution in [1.82, 2.24) is 4.90 Å². The summed E-state index contributed by atoms with van der Waals surface area (Å²) in [6.45, 7) is 5.98. The van der Waals surface area contributed by atoms with Gasteiger partial charge in [-0.1, -0.05) is 84.4 Å². The van der Waals surface area contributed by atoms with Gasteiger partial charge in [-0.3, -0.25) is 9.59 Å². The highest BCUT2D eigenvalue weighted by Gasteiger charge is 2.52. The average Bonchev–Trinajstić information content (AvgIpc) is 3.04. The third-order valence-electron chi connectivity index (χ3n) is 10.3. The molecule has 0 bridgehead atoms. The van der Waals surface area contributed by atoms with Gasteiger partial charge in [0.1, 0.15) is 5.54 Å². The van der Waals surface area contributed by atoms with Crippen LogP contribution in [0.25, 0.3) is 0 Å². The van der Waals surface area contributed by atoms with Gasteiger partial charge in [0, 0.05) is 12.2 Å². The molecule has 0 aliphatic heterocycles. The summed E-state index contributed by atoms with van der Waals surface area (Å²) in [5.41, 5.74) is 5.75. The van der Waals surface area contributed by atoms with Gasteiger partial charge in [0.15, 0.2) is 0 Å². The number of fused-ring (bicyclic) bond motifs is 2. The lowest BCUT2D eigenvalue weighted by atomic mass is 9.62. The maximum absolute atomic E-state index is 14.9. The Labute approximate surface area is 275 Å². The maximum Gasteiger partial charge on any atom is 0.416 e. The Balaban J connectivity index is 1.43. The molecule has 2 amide bonds. The van der Waals surface area contributed by atoms with E-state index in [1.54, 1.807) is 4.90 Å². The van der Waals surface area contributed by atoms with Gasteiger partial charge >= 0.3 is 6.18 Å². The van der Waals surface area contributed by atoms with Gasteiger partial charge in [0.2, 0.25) is 11.8 Å². The highest BCUT2D eigenvalue weighted by molar-refractivity contribution is 6.02. The van der Waals surface area contributed by atoms with Crippen LogP contribution < -0.4 is 5.32 Å². The molecular weight excluding hydrogens is 597 g/mol. The molecule has 2 aliphatic rings. The Morgan fingerprint density at radius 3 is 2.02 bits per heavy atom. The van der Waals surface area contributed by atoms with Gasteiger partial charge in [-0.05, 0) is 110 Å². The molecule has 0 heterocycles. The van der Waals surface area contributed by atoms with Crippen molar-refractivity contribution in [3.8, 4) is 0 Å². The van der Waals surface area contributed by atoms with Gasteiger partial charge < -0.3 is 10.2 Å². The number of carbonyl (C=O) groups is 2. The van der Waals surface area contributed by atoms with Crippen molar-refractivity contribution in [1.29, 1.82) is 0 Å². The standard InChI is InChI=1S/C40H41F3N2O2/c1-26-19-27(2)37(28(3)20-26)44-38(47)39(18-17-33-22-31-11-7-8-12-32(31)23-34(33)24-39)45(36(46)21-29-9-5-4-6-10-29)25-30-13-15-35(16-14-30)40(41,42)43/h4-16,19-20,33-34H,17-18,21-25H2,1-3H3,(H,44,47)/t33-,34+,39?/m1/s1. The largest absolute Gasteiger partial charge is 0.416 e. The molecule has 1 unspecified atom stereocenters. The van der Waals surface area contributed by atoms with Crippen LogP contribution in [0.3, 0.4) is 0 Å². The number of nitrogens with zero attached hydrogens (tertiary/aromatic N) is 1. The molecule has 244 valence electrons. The van der Waals surface area contributed by atoms with E-state index in [2.05, 4.69) is 23.5 Å². The van der Waals surface area contributed by atoms with Gasteiger partial charge in [0.25, 0.3) is 0 Å². The van der Waals surface area contributed by atoms with E-state index >= 15 is 0 Å². The van der Waals surface area contributed by atoms with Crippen molar-refractivity contribution in [2.75, 3.05) is 5.32 Å². The topological polar surface area (TPSA) is 49.4 Å². The molecule has 4 aromatic rings. The van der Waals surface area contributed by atoms with Crippen molar-refractivity contribution in [3.05, 3.63) is 136 Å². The summed E-state index contributed by atoms with van der Waals surface area (Å²) in [5.74, 6) is 0.0894. The Morgan fingerprint density at radius 1 is 0.809 bits per heavy atom. The normalized spacial score (nSPS) is 20.6. The summed E-state index contributed by atoms with van der Waals surface area (Å²) < 4.78 is 40.4. The number of amides is 2. The summed E-state index contributed by atoms with van der Waals surface area (Å²) >= 11 is 0. The minimum atomic E-state index is -4.47. The molecule has 1 N–H and O–H groups in total. The first-order valence-electron chi connectivity index (χ1n) is 16.4. The number of alkyl halides is 3. The molecule has 1 fully saturated rings. The van der Waals surface area contributed by atoms with Gasteiger partial charge in [-0.25, -0.2) is 0 Å². The molecule has 4 nitrogen and oxygen atoms in total. The first kappa shape index (κ1) is 32.5. The second kappa shape index (κ2) is 13.0. The Bertz CT molecular complexity index is 1740. The number of rotatable bonds is 7.